The lowest BCUT2D eigenvalue weighted by Gasteiger charge is -2.02. The molecule has 82 valence electrons. The Labute approximate surface area is 91.5 Å². The van der Waals surface area contributed by atoms with Crippen LogP contribution in [0.2, 0.25) is 0 Å². The summed E-state index contributed by atoms with van der Waals surface area (Å²) in [6.07, 6.45) is 2.99. The Hall–Kier alpha value is -1.15. The highest BCUT2D eigenvalue weighted by Gasteiger charge is 2.02. The van der Waals surface area contributed by atoms with Crippen molar-refractivity contribution in [1.29, 1.82) is 0 Å². The van der Waals surface area contributed by atoms with E-state index in [1.807, 2.05) is 12.1 Å². The minimum atomic E-state index is 0.282. The van der Waals surface area contributed by atoms with Crippen molar-refractivity contribution in [3.05, 3.63) is 35.4 Å². The Morgan fingerprint density at radius 1 is 1.20 bits per heavy atom. The van der Waals surface area contributed by atoms with Gasteiger partial charge in [0.1, 0.15) is 5.78 Å². The van der Waals surface area contributed by atoms with E-state index in [0.29, 0.717) is 19.4 Å². The van der Waals surface area contributed by atoms with Crippen molar-refractivity contribution in [3.8, 4) is 0 Å². The van der Waals surface area contributed by atoms with Gasteiger partial charge in [-0.2, -0.15) is 0 Å². The summed E-state index contributed by atoms with van der Waals surface area (Å²) in [5, 5.41) is 0. The van der Waals surface area contributed by atoms with Crippen LogP contribution in [0.4, 0.5) is 0 Å². The van der Waals surface area contributed by atoms with Crippen molar-refractivity contribution >= 4 is 5.78 Å². The number of Topliss-reactive ketones (excluding diaryl/α,β-unsaturated/α-hetero) is 1. The topological polar surface area (TPSA) is 43.1 Å². The molecule has 15 heavy (non-hydrogen) atoms. The predicted molar refractivity (Wildman–Crippen MR) is 62.8 cm³/mol. The number of aryl methyl sites for hydroxylation is 1. The highest BCUT2D eigenvalue weighted by atomic mass is 16.1. The van der Waals surface area contributed by atoms with Gasteiger partial charge in [-0.1, -0.05) is 31.2 Å². The van der Waals surface area contributed by atoms with Gasteiger partial charge in [-0.15, -0.1) is 0 Å². The van der Waals surface area contributed by atoms with E-state index in [9.17, 15) is 4.79 Å². The summed E-state index contributed by atoms with van der Waals surface area (Å²) in [5.41, 5.74) is 7.77. The summed E-state index contributed by atoms with van der Waals surface area (Å²) in [7, 11) is 0. The fourth-order valence-corrected chi connectivity index (χ4v) is 1.51. The van der Waals surface area contributed by atoms with Crippen molar-refractivity contribution in [3.63, 3.8) is 0 Å². The van der Waals surface area contributed by atoms with Crippen LogP contribution in [0.5, 0.6) is 0 Å². The molecule has 0 amide bonds. The Balaban J connectivity index is 2.46. The normalized spacial score (nSPS) is 10.3. The summed E-state index contributed by atoms with van der Waals surface area (Å²) < 4.78 is 0. The Morgan fingerprint density at radius 3 is 2.33 bits per heavy atom. The summed E-state index contributed by atoms with van der Waals surface area (Å²) in [4.78, 5) is 11.5. The minimum Gasteiger partial charge on any atom is -0.330 e. The lowest BCUT2D eigenvalue weighted by molar-refractivity contribution is -0.118. The molecule has 0 bridgehead atoms. The molecule has 0 unspecified atom stereocenters. The van der Waals surface area contributed by atoms with E-state index in [-0.39, 0.29) is 5.78 Å². The van der Waals surface area contributed by atoms with Crippen molar-refractivity contribution in [2.75, 3.05) is 6.54 Å². The first-order chi connectivity index (χ1) is 7.26. The molecule has 0 spiro atoms. The third kappa shape index (κ3) is 4.26. The molecule has 0 heterocycles. The molecule has 0 atom stereocenters. The second-order valence-electron chi connectivity index (χ2n) is 3.78. The molecule has 1 aromatic rings. The van der Waals surface area contributed by atoms with Gasteiger partial charge in [-0.25, -0.2) is 0 Å². The summed E-state index contributed by atoms with van der Waals surface area (Å²) in [6, 6.07) is 8.26. The molecule has 1 aromatic carbocycles. The van der Waals surface area contributed by atoms with Crippen LogP contribution in [-0.2, 0) is 17.6 Å². The predicted octanol–water partition coefficient (Wildman–Crippen LogP) is 2.10. The third-order valence-corrected chi connectivity index (χ3v) is 2.49. The van der Waals surface area contributed by atoms with Gasteiger partial charge in [0.15, 0.2) is 0 Å². The first-order valence-electron chi connectivity index (χ1n) is 5.56. The molecule has 0 aliphatic rings. The Morgan fingerprint density at radius 2 is 1.80 bits per heavy atom. The van der Waals surface area contributed by atoms with E-state index in [0.717, 1.165) is 18.4 Å². The molecule has 0 saturated heterocycles. The van der Waals surface area contributed by atoms with Gasteiger partial charge in [0, 0.05) is 12.8 Å². The van der Waals surface area contributed by atoms with Crippen LogP contribution in [0.3, 0.4) is 0 Å². The van der Waals surface area contributed by atoms with E-state index >= 15 is 0 Å². The molecule has 2 N–H and O–H groups in total. The number of carbonyl (C=O) groups excluding carboxylic acids is 1. The van der Waals surface area contributed by atoms with Gasteiger partial charge in [0.2, 0.25) is 0 Å². The van der Waals surface area contributed by atoms with Gasteiger partial charge >= 0.3 is 0 Å². The molecule has 0 saturated carbocycles. The van der Waals surface area contributed by atoms with Crippen molar-refractivity contribution < 1.29 is 4.79 Å². The first kappa shape index (κ1) is 11.9. The molecular formula is C13H19NO. The zero-order valence-corrected chi connectivity index (χ0v) is 9.33. The standard InChI is InChI=1S/C13H19NO/c1-2-11-5-7-12(8-6-11)10-13(15)4-3-9-14/h5-8H,2-4,9-10,14H2,1H3. The van der Waals surface area contributed by atoms with E-state index in [1.165, 1.54) is 5.56 Å². The zero-order valence-electron chi connectivity index (χ0n) is 9.33. The van der Waals surface area contributed by atoms with Crippen LogP contribution in [0.25, 0.3) is 0 Å². The maximum absolute atomic E-state index is 11.5. The number of benzene rings is 1. The fourth-order valence-electron chi connectivity index (χ4n) is 1.51. The van der Waals surface area contributed by atoms with E-state index < -0.39 is 0 Å². The van der Waals surface area contributed by atoms with E-state index in [2.05, 4.69) is 19.1 Å². The molecule has 0 fully saturated rings. The van der Waals surface area contributed by atoms with Gasteiger partial charge in [-0.05, 0) is 30.5 Å². The summed E-state index contributed by atoms with van der Waals surface area (Å²) in [5.74, 6) is 0.282. The minimum absolute atomic E-state index is 0.282. The molecule has 0 aromatic heterocycles. The van der Waals surface area contributed by atoms with Crippen LogP contribution in [0, 0.1) is 0 Å². The SMILES string of the molecule is CCc1ccc(CC(=O)CCCN)cc1. The largest absolute Gasteiger partial charge is 0.330 e. The van der Waals surface area contributed by atoms with Crippen LogP contribution < -0.4 is 5.73 Å². The Kier molecular flexibility index (Phi) is 5.05. The average Bonchev–Trinajstić information content (AvgIpc) is 2.27. The number of carbonyl (C=O) groups is 1. The molecule has 0 aliphatic heterocycles. The summed E-state index contributed by atoms with van der Waals surface area (Å²) >= 11 is 0. The van der Waals surface area contributed by atoms with Crippen LogP contribution in [0.15, 0.2) is 24.3 Å². The van der Waals surface area contributed by atoms with Gasteiger partial charge < -0.3 is 5.73 Å². The Bertz CT molecular complexity index is 303. The van der Waals surface area contributed by atoms with Crippen molar-refractivity contribution in [2.45, 2.75) is 32.6 Å². The third-order valence-electron chi connectivity index (χ3n) is 2.49. The van der Waals surface area contributed by atoms with Crippen LogP contribution >= 0.6 is 0 Å². The number of nitrogens with two attached hydrogens (primary N) is 1. The molecule has 0 radical (unpaired) electrons. The number of rotatable bonds is 6. The highest BCUT2D eigenvalue weighted by Crippen LogP contribution is 2.07. The quantitative estimate of drug-likeness (QED) is 0.772. The van der Waals surface area contributed by atoms with Gasteiger partial charge in [0.05, 0.1) is 0 Å². The summed E-state index contributed by atoms with van der Waals surface area (Å²) in [6.45, 7) is 2.72. The zero-order chi connectivity index (χ0) is 11.1. The average molecular weight is 205 g/mol. The number of ketones is 1. The van der Waals surface area contributed by atoms with Gasteiger partial charge in [-0.3, -0.25) is 4.79 Å². The molecular weight excluding hydrogens is 186 g/mol. The van der Waals surface area contributed by atoms with Crippen molar-refractivity contribution in [2.24, 2.45) is 5.73 Å². The maximum Gasteiger partial charge on any atom is 0.137 e. The number of hydrogen-bond acceptors (Lipinski definition) is 2. The van der Waals surface area contributed by atoms with Gasteiger partial charge in [0.25, 0.3) is 0 Å². The second kappa shape index (κ2) is 6.36. The number of hydrogen-bond donors (Lipinski definition) is 1. The van der Waals surface area contributed by atoms with E-state index in [1.54, 1.807) is 0 Å². The molecule has 2 nitrogen and oxygen atoms in total. The smallest absolute Gasteiger partial charge is 0.137 e. The second-order valence-corrected chi connectivity index (χ2v) is 3.78. The lowest BCUT2D eigenvalue weighted by atomic mass is 10.0. The molecule has 1 rings (SSSR count). The fraction of sp³-hybridized carbons (Fsp3) is 0.462. The van der Waals surface area contributed by atoms with Crippen molar-refractivity contribution in [1.82, 2.24) is 0 Å². The van der Waals surface area contributed by atoms with E-state index in [4.69, 9.17) is 5.73 Å². The molecule has 0 aliphatic carbocycles. The lowest BCUT2D eigenvalue weighted by Crippen LogP contribution is -2.06. The first-order valence-corrected chi connectivity index (χ1v) is 5.56. The monoisotopic (exact) mass is 205 g/mol. The van der Waals surface area contributed by atoms with Crippen LogP contribution in [0.1, 0.15) is 30.9 Å². The molecule has 2 heteroatoms. The highest BCUT2D eigenvalue weighted by molar-refractivity contribution is 5.80. The maximum atomic E-state index is 11.5. The van der Waals surface area contributed by atoms with Crippen LogP contribution in [-0.4, -0.2) is 12.3 Å².